The van der Waals surface area contributed by atoms with Gasteiger partial charge in [-0.2, -0.15) is 5.26 Å². The number of hydrogen-bond donors (Lipinski definition) is 1. The molecular formula is C24H16N2O2. The van der Waals surface area contributed by atoms with Crippen molar-refractivity contribution in [2.75, 3.05) is 0 Å². The molecule has 0 radical (unpaired) electrons. The Kier molecular flexibility index (Phi) is 4.49. The number of aromatic nitrogens is 1. The molecule has 0 bridgehead atoms. The first-order chi connectivity index (χ1) is 13.7. The summed E-state index contributed by atoms with van der Waals surface area (Å²) in [6, 6.07) is 29.3. The van der Waals surface area contributed by atoms with Crippen LogP contribution in [0.3, 0.4) is 0 Å². The van der Waals surface area contributed by atoms with Gasteiger partial charge in [0.05, 0.1) is 11.3 Å². The van der Waals surface area contributed by atoms with Gasteiger partial charge in [-0.1, -0.05) is 78.9 Å². The van der Waals surface area contributed by atoms with Crippen LogP contribution in [0.25, 0.3) is 28.1 Å². The van der Waals surface area contributed by atoms with Crippen LogP contribution in [0.5, 0.6) is 5.75 Å². The van der Waals surface area contributed by atoms with Crippen molar-refractivity contribution in [1.82, 2.24) is 4.57 Å². The van der Waals surface area contributed by atoms with Gasteiger partial charge >= 0.3 is 0 Å². The predicted molar refractivity (Wildman–Crippen MR) is 109 cm³/mol. The molecule has 0 unspecified atom stereocenters. The van der Waals surface area contributed by atoms with E-state index in [1.807, 2.05) is 54.6 Å². The van der Waals surface area contributed by atoms with Gasteiger partial charge in [0.1, 0.15) is 17.4 Å². The van der Waals surface area contributed by atoms with Gasteiger partial charge in [0.2, 0.25) is 0 Å². The maximum Gasteiger partial charge on any atom is 0.267 e. The van der Waals surface area contributed by atoms with E-state index < -0.39 is 0 Å². The Morgan fingerprint density at radius 1 is 0.750 bits per heavy atom. The SMILES string of the molecule is N#Cc1c(O)c(-c2ccccc2)c(=O)n(-c2ccccc2)c1-c1ccccc1. The molecule has 0 atom stereocenters. The smallest absolute Gasteiger partial charge is 0.267 e. The van der Waals surface area contributed by atoms with Crippen molar-refractivity contribution < 1.29 is 5.11 Å². The van der Waals surface area contributed by atoms with Gasteiger partial charge in [0.15, 0.2) is 0 Å². The van der Waals surface area contributed by atoms with Crippen LogP contribution in [-0.4, -0.2) is 9.67 Å². The molecule has 4 rings (SSSR count). The van der Waals surface area contributed by atoms with Gasteiger partial charge in [-0.05, 0) is 17.7 Å². The molecule has 0 amide bonds. The van der Waals surface area contributed by atoms with Gasteiger partial charge in [0.25, 0.3) is 5.56 Å². The Bertz CT molecular complexity index is 1220. The Morgan fingerprint density at radius 3 is 1.79 bits per heavy atom. The van der Waals surface area contributed by atoms with E-state index in [1.54, 1.807) is 36.4 Å². The number of rotatable bonds is 3. The van der Waals surface area contributed by atoms with Gasteiger partial charge in [-0.25, -0.2) is 0 Å². The van der Waals surface area contributed by atoms with E-state index in [9.17, 15) is 15.2 Å². The lowest BCUT2D eigenvalue weighted by molar-refractivity contribution is 0.473. The minimum atomic E-state index is -0.382. The molecular weight excluding hydrogens is 348 g/mol. The van der Waals surface area contributed by atoms with Crippen LogP contribution in [0.2, 0.25) is 0 Å². The maximum atomic E-state index is 13.5. The Morgan fingerprint density at radius 2 is 1.25 bits per heavy atom. The van der Waals surface area contributed by atoms with Gasteiger partial charge in [-0.15, -0.1) is 0 Å². The first-order valence-electron chi connectivity index (χ1n) is 8.80. The summed E-state index contributed by atoms with van der Waals surface area (Å²) >= 11 is 0. The van der Waals surface area contributed by atoms with Crippen molar-refractivity contribution >= 4 is 0 Å². The molecule has 4 heteroatoms. The van der Waals surface area contributed by atoms with E-state index in [-0.39, 0.29) is 22.4 Å². The molecule has 1 aromatic heterocycles. The largest absolute Gasteiger partial charge is 0.506 e. The fourth-order valence-corrected chi connectivity index (χ4v) is 3.33. The van der Waals surface area contributed by atoms with Crippen LogP contribution in [0.15, 0.2) is 95.8 Å². The highest BCUT2D eigenvalue weighted by atomic mass is 16.3. The number of aromatic hydroxyl groups is 1. The molecule has 4 nitrogen and oxygen atoms in total. The second kappa shape index (κ2) is 7.26. The van der Waals surface area contributed by atoms with Crippen LogP contribution < -0.4 is 5.56 Å². The van der Waals surface area contributed by atoms with Crippen molar-refractivity contribution in [2.24, 2.45) is 0 Å². The van der Waals surface area contributed by atoms with E-state index in [0.29, 0.717) is 22.5 Å². The number of nitrogens with zero attached hydrogens (tertiary/aromatic N) is 2. The van der Waals surface area contributed by atoms with Crippen LogP contribution in [0.4, 0.5) is 0 Å². The lowest BCUT2D eigenvalue weighted by Gasteiger charge is -2.18. The number of benzene rings is 3. The fourth-order valence-electron chi connectivity index (χ4n) is 3.33. The third-order valence-electron chi connectivity index (χ3n) is 4.59. The van der Waals surface area contributed by atoms with Crippen LogP contribution in [-0.2, 0) is 0 Å². The van der Waals surface area contributed by atoms with Crippen molar-refractivity contribution in [3.63, 3.8) is 0 Å². The molecule has 0 aliphatic carbocycles. The summed E-state index contributed by atoms with van der Waals surface area (Å²) in [5, 5.41) is 20.8. The van der Waals surface area contributed by atoms with E-state index in [2.05, 4.69) is 6.07 Å². The Labute approximate surface area is 162 Å². The molecule has 1 heterocycles. The average Bonchev–Trinajstić information content (AvgIpc) is 2.75. The quantitative estimate of drug-likeness (QED) is 0.570. The van der Waals surface area contributed by atoms with Crippen molar-refractivity contribution in [1.29, 1.82) is 5.26 Å². The number of nitriles is 1. The third-order valence-corrected chi connectivity index (χ3v) is 4.59. The monoisotopic (exact) mass is 364 g/mol. The highest BCUT2D eigenvalue weighted by Gasteiger charge is 2.24. The summed E-state index contributed by atoms with van der Waals surface area (Å²) in [7, 11) is 0. The van der Waals surface area contributed by atoms with Gasteiger partial charge < -0.3 is 5.11 Å². The average molecular weight is 364 g/mol. The summed E-state index contributed by atoms with van der Waals surface area (Å²) in [5.74, 6) is -0.301. The molecule has 0 spiro atoms. The minimum absolute atomic E-state index is 0.0634. The summed E-state index contributed by atoms with van der Waals surface area (Å²) in [6.45, 7) is 0. The van der Waals surface area contributed by atoms with Crippen molar-refractivity contribution in [2.45, 2.75) is 0 Å². The number of hydrogen-bond acceptors (Lipinski definition) is 3. The summed E-state index contributed by atoms with van der Waals surface area (Å²) in [5.41, 5.74) is 2.03. The normalized spacial score (nSPS) is 10.4. The van der Waals surface area contributed by atoms with Crippen LogP contribution in [0, 0.1) is 11.3 Å². The van der Waals surface area contributed by atoms with Crippen LogP contribution >= 0.6 is 0 Å². The molecule has 28 heavy (non-hydrogen) atoms. The standard InChI is InChI=1S/C24H16N2O2/c25-16-20-22(18-12-6-2-7-13-18)26(19-14-8-3-9-15-19)24(28)21(23(20)27)17-10-4-1-5-11-17/h1-15,27H. The maximum absolute atomic E-state index is 13.5. The first-order valence-corrected chi connectivity index (χ1v) is 8.80. The molecule has 0 saturated heterocycles. The summed E-state index contributed by atoms with van der Waals surface area (Å²) in [6.07, 6.45) is 0. The van der Waals surface area contributed by atoms with Crippen molar-refractivity contribution in [3.05, 3.63) is 107 Å². The van der Waals surface area contributed by atoms with E-state index in [0.717, 1.165) is 0 Å². The highest BCUT2D eigenvalue weighted by molar-refractivity contribution is 5.81. The third kappa shape index (κ3) is 2.85. The topological polar surface area (TPSA) is 66.0 Å². The summed E-state index contributed by atoms with van der Waals surface area (Å²) in [4.78, 5) is 13.5. The van der Waals surface area contributed by atoms with E-state index in [1.165, 1.54) is 4.57 Å². The molecule has 3 aromatic carbocycles. The zero-order chi connectivity index (χ0) is 19.5. The summed E-state index contributed by atoms with van der Waals surface area (Å²) < 4.78 is 1.50. The second-order valence-corrected chi connectivity index (χ2v) is 6.27. The van der Waals surface area contributed by atoms with E-state index in [4.69, 9.17) is 0 Å². The van der Waals surface area contributed by atoms with Crippen molar-refractivity contribution in [3.8, 4) is 39.9 Å². The molecule has 4 aromatic rings. The zero-order valence-corrected chi connectivity index (χ0v) is 14.9. The lowest BCUT2D eigenvalue weighted by Crippen LogP contribution is -2.23. The number of para-hydroxylation sites is 1. The zero-order valence-electron chi connectivity index (χ0n) is 14.9. The molecule has 0 aliphatic heterocycles. The molecule has 0 fully saturated rings. The highest BCUT2D eigenvalue weighted by Crippen LogP contribution is 2.36. The molecule has 134 valence electrons. The first kappa shape index (κ1) is 17.3. The Hall–Kier alpha value is -4.10. The molecule has 0 saturated carbocycles. The molecule has 1 N–H and O–H groups in total. The fraction of sp³-hybridized carbons (Fsp3) is 0. The minimum Gasteiger partial charge on any atom is -0.506 e. The van der Waals surface area contributed by atoms with Gasteiger partial charge in [0, 0.05) is 11.3 Å². The Balaban J connectivity index is 2.19. The predicted octanol–water partition coefficient (Wildman–Crippen LogP) is 4.75. The lowest BCUT2D eigenvalue weighted by atomic mass is 9.98. The van der Waals surface area contributed by atoms with Gasteiger partial charge in [-0.3, -0.25) is 9.36 Å². The number of pyridine rings is 1. The molecule has 0 aliphatic rings. The van der Waals surface area contributed by atoms with Crippen LogP contribution in [0.1, 0.15) is 5.56 Å². The van der Waals surface area contributed by atoms with E-state index >= 15 is 0 Å². The second-order valence-electron chi connectivity index (χ2n) is 6.27.